The van der Waals surface area contributed by atoms with Crippen molar-refractivity contribution >= 4 is 45.5 Å². The number of carbonyl (C=O) groups is 1. The average molecular weight is 401 g/mol. The normalized spacial score (nSPS) is 16.3. The minimum atomic E-state index is -0.269. The molecule has 1 aliphatic rings. The molecule has 2 heterocycles. The van der Waals surface area contributed by atoms with E-state index in [2.05, 4.69) is 27.2 Å². The van der Waals surface area contributed by atoms with Crippen LogP contribution >= 0.6 is 23.6 Å². The average Bonchev–Trinajstić information content (AvgIpc) is 3.02. The summed E-state index contributed by atoms with van der Waals surface area (Å²) < 4.78 is 0.235. The second-order valence-corrected chi connectivity index (χ2v) is 8.40. The molecule has 0 saturated carbocycles. The molecule has 1 aliphatic carbocycles. The van der Waals surface area contributed by atoms with Gasteiger partial charge in [0.25, 0.3) is 11.5 Å². The Labute approximate surface area is 165 Å². The van der Waals surface area contributed by atoms with Gasteiger partial charge >= 0.3 is 0 Å². The largest absolute Gasteiger partial charge is 0.332 e. The Morgan fingerprint density at radius 1 is 1.41 bits per heavy atom. The first kappa shape index (κ1) is 18.1. The van der Waals surface area contributed by atoms with Crippen molar-refractivity contribution in [2.24, 2.45) is 5.92 Å². The molecule has 8 heteroatoms. The number of nitrogens with zero attached hydrogens (tertiary/aromatic N) is 1. The Balaban J connectivity index is 1.55. The fourth-order valence-corrected chi connectivity index (χ4v) is 4.95. The van der Waals surface area contributed by atoms with Gasteiger partial charge in [-0.2, -0.15) is 0 Å². The standard InChI is InChI=1S/C19H20N4O2S2/c1-2-3-10-4-7-13-15(8-10)27-19(21-13)23-16(24)11-5-6-12-14(9-11)20-18(26)22-17(12)25/h5-6,9-10H,2-4,7-8H2,1H3,(H,21,23,24)(H2,20,22,25,26). The van der Waals surface area contributed by atoms with E-state index < -0.39 is 0 Å². The number of fused-ring (bicyclic) bond motifs is 2. The second-order valence-electron chi connectivity index (χ2n) is 6.91. The van der Waals surface area contributed by atoms with Crippen LogP contribution in [-0.4, -0.2) is 20.9 Å². The van der Waals surface area contributed by atoms with E-state index in [9.17, 15) is 9.59 Å². The molecule has 1 amide bonds. The summed E-state index contributed by atoms with van der Waals surface area (Å²) in [6.07, 6.45) is 5.68. The minimum Gasteiger partial charge on any atom is -0.332 e. The van der Waals surface area contributed by atoms with E-state index >= 15 is 0 Å². The van der Waals surface area contributed by atoms with E-state index in [1.54, 1.807) is 29.5 Å². The summed E-state index contributed by atoms with van der Waals surface area (Å²) in [4.78, 5) is 35.9. The van der Waals surface area contributed by atoms with E-state index in [1.165, 1.54) is 24.1 Å². The van der Waals surface area contributed by atoms with Crippen LogP contribution in [0.25, 0.3) is 10.9 Å². The van der Waals surface area contributed by atoms with Crippen LogP contribution in [-0.2, 0) is 12.8 Å². The molecule has 6 nitrogen and oxygen atoms in total. The van der Waals surface area contributed by atoms with E-state index in [4.69, 9.17) is 12.2 Å². The lowest BCUT2D eigenvalue weighted by Crippen LogP contribution is -2.14. The number of amides is 1. The van der Waals surface area contributed by atoms with Gasteiger partial charge in [-0.1, -0.05) is 19.8 Å². The smallest absolute Gasteiger partial charge is 0.259 e. The maximum Gasteiger partial charge on any atom is 0.259 e. The fourth-order valence-electron chi connectivity index (χ4n) is 3.63. The third-order valence-electron chi connectivity index (χ3n) is 4.96. The molecular weight excluding hydrogens is 380 g/mol. The van der Waals surface area contributed by atoms with Crippen LogP contribution in [0.3, 0.4) is 0 Å². The van der Waals surface area contributed by atoms with Gasteiger partial charge in [0.15, 0.2) is 9.90 Å². The number of aromatic amines is 2. The van der Waals surface area contributed by atoms with Crippen molar-refractivity contribution in [2.75, 3.05) is 5.32 Å². The maximum absolute atomic E-state index is 12.6. The summed E-state index contributed by atoms with van der Waals surface area (Å²) in [7, 11) is 0. The Hall–Kier alpha value is -2.32. The van der Waals surface area contributed by atoms with Crippen LogP contribution < -0.4 is 10.9 Å². The number of H-pyrrole nitrogens is 2. The molecule has 0 bridgehead atoms. The maximum atomic E-state index is 12.6. The first-order valence-electron chi connectivity index (χ1n) is 9.09. The first-order chi connectivity index (χ1) is 13.0. The summed E-state index contributed by atoms with van der Waals surface area (Å²) in [5.74, 6) is 0.487. The molecule has 0 radical (unpaired) electrons. The number of hydrogen-bond acceptors (Lipinski definition) is 5. The van der Waals surface area contributed by atoms with Crippen LogP contribution in [0.2, 0.25) is 0 Å². The molecule has 3 aromatic rings. The zero-order valence-electron chi connectivity index (χ0n) is 14.9. The second kappa shape index (κ2) is 7.36. The molecule has 140 valence electrons. The molecule has 3 N–H and O–H groups in total. The van der Waals surface area contributed by atoms with Crippen molar-refractivity contribution in [3.8, 4) is 0 Å². The highest BCUT2D eigenvalue weighted by Crippen LogP contribution is 2.34. The van der Waals surface area contributed by atoms with Gasteiger partial charge < -0.3 is 4.98 Å². The Morgan fingerprint density at radius 2 is 2.26 bits per heavy atom. The van der Waals surface area contributed by atoms with Crippen molar-refractivity contribution in [1.29, 1.82) is 0 Å². The van der Waals surface area contributed by atoms with Crippen LogP contribution in [0.15, 0.2) is 23.0 Å². The highest BCUT2D eigenvalue weighted by molar-refractivity contribution is 7.71. The van der Waals surface area contributed by atoms with E-state index in [0.717, 1.165) is 24.5 Å². The number of rotatable bonds is 4. The first-order valence-corrected chi connectivity index (χ1v) is 10.3. The number of thiazole rings is 1. The van der Waals surface area contributed by atoms with Gasteiger partial charge in [-0.3, -0.25) is 19.9 Å². The lowest BCUT2D eigenvalue weighted by Gasteiger charge is -2.19. The molecule has 0 spiro atoms. The van der Waals surface area contributed by atoms with Gasteiger partial charge in [-0.15, -0.1) is 11.3 Å². The van der Waals surface area contributed by atoms with E-state index in [1.807, 2.05) is 0 Å². The molecular formula is C19H20N4O2S2. The SMILES string of the molecule is CCCC1CCc2nc(NC(=O)c3ccc4c(=O)[nH]c(=S)[nH]c4c3)sc2C1. The van der Waals surface area contributed by atoms with Gasteiger partial charge in [0.05, 0.1) is 16.6 Å². The van der Waals surface area contributed by atoms with Crippen molar-refractivity contribution in [3.05, 3.63) is 49.5 Å². The van der Waals surface area contributed by atoms with E-state index in [-0.39, 0.29) is 16.2 Å². The molecule has 27 heavy (non-hydrogen) atoms. The predicted octanol–water partition coefficient (Wildman–Crippen LogP) is 4.20. The highest BCUT2D eigenvalue weighted by atomic mass is 32.1. The van der Waals surface area contributed by atoms with E-state index in [0.29, 0.717) is 21.6 Å². The summed E-state index contributed by atoms with van der Waals surface area (Å²) in [5, 5.41) is 4.00. The van der Waals surface area contributed by atoms with Crippen molar-refractivity contribution in [3.63, 3.8) is 0 Å². The van der Waals surface area contributed by atoms with Crippen LogP contribution in [0.1, 0.15) is 47.1 Å². The van der Waals surface area contributed by atoms with Crippen LogP contribution in [0.5, 0.6) is 0 Å². The van der Waals surface area contributed by atoms with Crippen molar-refractivity contribution in [1.82, 2.24) is 15.0 Å². The molecule has 0 saturated heterocycles. The molecule has 0 aliphatic heterocycles. The van der Waals surface area contributed by atoms with Gasteiger partial charge in [-0.05, 0) is 55.6 Å². The highest BCUT2D eigenvalue weighted by Gasteiger charge is 2.22. The van der Waals surface area contributed by atoms with Crippen LogP contribution in [0.4, 0.5) is 5.13 Å². The number of aryl methyl sites for hydroxylation is 1. The molecule has 1 unspecified atom stereocenters. The van der Waals surface area contributed by atoms with Gasteiger partial charge in [-0.25, -0.2) is 4.98 Å². The molecule has 0 fully saturated rings. The quantitative estimate of drug-likeness (QED) is 0.573. The van der Waals surface area contributed by atoms with Crippen molar-refractivity contribution < 1.29 is 4.79 Å². The minimum absolute atomic E-state index is 0.235. The summed E-state index contributed by atoms with van der Waals surface area (Å²) in [5.41, 5.74) is 1.85. The molecule has 4 rings (SSSR count). The molecule has 2 aromatic heterocycles. The van der Waals surface area contributed by atoms with Crippen LogP contribution in [0, 0.1) is 10.7 Å². The number of hydrogen-bond donors (Lipinski definition) is 3. The van der Waals surface area contributed by atoms with Gasteiger partial charge in [0.2, 0.25) is 0 Å². The zero-order chi connectivity index (χ0) is 19.0. The fraction of sp³-hybridized carbons (Fsp3) is 0.368. The third-order valence-corrected chi connectivity index (χ3v) is 6.20. The van der Waals surface area contributed by atoms with Gasteiger partial charge in [0, 0.05) is 10.4 Å². The Kier molecular flexibility index (Phi) is 4.92. The van der Waals surface area contributed by atoms with Gasteiger partial charge in [0.1, 0.15) is 0 Å². The summed E-state index contributed by atoms with van der Waals surface area (Å²) in [6, 6.07) is 4.89. The summed E-state index contributed by atoms with van der Waals surface area (Å²) >= 11 is 6.57. The Bertz CT molecular complexity index is 1130. The zero-order valence-corrected chi connectivity index (χ0v) is 16.6. The number of anilines is 1. The number of nitrogens with one attached hydrogen (secondary N) is 3. The lowest BCUT2D eigenvalue weighted by molar-refractivity contribution is 0.102. The summed E-state index contributed by atoms with van der Waals surface area (Å²) in [6.45, 7) is 2.22. The topological polar surface area (TPSA) is 90.6 Å². The monoisotopic (exact) mass is 400 g/mol. The third kappa shape index (κ3) is 3.72. The lowest BCUT2D eigenvalue weighted by atomic mass is 9.88. The number of aromatic nitrogens is 3. The number of benzene rings is 1. The Morgan fingerprint density at radius 3 is 3.07 bits per heavy atom. The molecule has 1 aromatic carbocycles. The van der Waals surface area contributed by atoms with Crippen molar-refractivity contribution in [2.45, 2.75) is 39.0 Å². The molecule has 1 atom stereocenters. The predicted molar refractivity (Wildman–Crippen MR) is 110 cm³/mol. The number of carbonyl (C=O) groups excluding carboxylic acids is 1.